The number of hydrogen-bond donors (Lipinski definition) is 1. The normalized spacial score (nSPS) is 12.4. The number of ether oxygens (including phenoxy) is 1. The molecule has 1 unspecified atom stereocenters. The average Bonchev–Trinajstić information content (AvgIpc) is 3.11. The van der Waals surface area contributed by atoms with Crippen molar-refractivity contribution in [2.75, 3.05) is 7.11 Å². The molecule has 0 aliphatic heterocycles. The van der Waals surface area contributed by atoms with Crippen LogP contribution in [0.25, 0.3) is 0 Å². The Bertz CT molecular complexity index is 981. The summed E-state index contributed by atoms with van der Waals surface area (Å²) in [4.78, 5) is 16.9. The summed E-state index contributed by atoms with van der Waals surface area (Å²) in [6.45, 7) is 0. The van der Waals surface area contributed by atoms with Crippen LogP contribution in [-0.2, 0) is 24.4 Å². The molecule has 0 bridgehead atoms. The van der Waals surface area contributed by atoms with E-state index >= 15 is 0 Å². The summed E-state index contributed by atoms with van der Waals surface area (Å²) in [5, 5.41) is 2.88. The van der Waals surface area contributed by atoms with Crippen molar-refractivity contribution >= 4 is 5.91 Å². The Morgan fingerprint density at radius 3 is 2.52 bits per heavy atom. The summed E-state index contributed by atoms with van der Waals surface area (Å²) in [6.07, 6.45) is -1.26. The highest BCUT2D eigenvalue weighted by molar-refractivity contribution is 5.79. The Morgan fingerprint density at radius 2 is 1.93 bits per heavy atom. The van der Waals surface area contributed by atoms with Gasteiger partial charge < -0.3 is 14.6 Å². The number of imidazole rings is 1. The Hall–Kier alpha value is -3.29. The van der Waals surface area contributed by atoms with Gasteiger partial charge in [-0.1, -0.05) is 30.3 Å². The molecule has 0 saturated heterocycles. The number of aromatic nitrogens is 2. The molecule has 8 heteroatoms. The van der Waals surface area contributed by atoms with Gasteiger partial charge >= 0.3 is 6.18 Å². The molecule has 5 nitrogen and oxygen atoms in total. The van der Waals surface area contributed by atoms with E-state index in [0.29, 0.717) is 11.6 Å². The van der Waals surface area contributed by atoms with E-state index < -0.39 is 23.7 Å². The molecular weight excluding hydrogens is 383 g/mol. The van der Waals surface area contributed by atoms with E-state index in [4.69, 9.17) is 4.74 Å². The first kappa shape index (κ1) is 20.4. The Balaban J connectivity index is 1.82. The van der Waals surface area contributed by atoms with Crippen LogP contribution in [0.3, 0.4) is 0 Å². The molecule has 3 rings (SSSR count). The first-order valence-electron chi connectivity index (χ1n) is 8.84. The molecule has 0 aliphatic rings. The molecule has 1 amide bonds. The quantitative estimate of drug-likeness (QED) is 0.679. The highest BCUT2D eigenvalue weighted by atomic mass is 19.4. The molecule has 0 radical (unpaired) electrons. The van der Waals surface area contributed by atoms with Crippen LogP contribution in [0.4, 0.5) is 13.2 Å². The van der Waals surface area contributed by atoms with Crippen LogP contribution in [0.5, 0.6) is 5.75 Å². The summed E-state index contributed by atoms with van der Waals surface area (Å²) >= 11 is 0. The summed E-state index contributed by atoms with van der Waals surface area (Å²) in [7, 11) is 3.36. The maximum absolute atomic E-state index is 12.9. The average molecular weight is 403 g/mol. The van der Waals surface area contributed by atoms with Crippen molar-refractivity contribution in [3.8, 4) is 5.75 Å². The molecule has 0 saturated carbocycles. The predicted molar refractivity (Wildman–Crippen MR) is 101 cm³/mol. The number of carbonyl (C=O) groups excluding carboxylic acids is 1. The third-order valence-electron chi connectivity index (χ3n) is 4.49. The van der Waals surface area contributed by atoms with Crippen LogP contribution in [0.1, 0.15) is 28.6 Å². The fraction of sp³-hybridized carbons (Fsp3) is 0.238. The number of halogens is 3. The largest absolute Gasteiger partial charge is 0.497 e. The van der Waals surface area contributed by atoms with Gasteiger partial charge in [0.25, 0.3) is 0 Å². The number of aryl methyl sites for hydroxylation is 1. The number of rotatable bonds is 6. The van der Waals surface area contributed by atoms with Crippen molar-refractivity contribution in [3.05, 3.63) is 83.4 Å². The van der Waals surface area contributed by atoms with E-state index in [1.807, 2.05) is 12.1 Å². The number of nitrogens with zero attached hydrogens (tertiary/aromatic N) is 2. The number of benzene rings is 2. The zero-order valence-electron chi connectivity index (χ0n) is 15.9. The molecule has 0 aliphatic carbocycles. The molecule has 1 heterocycles. The summed E-state index contributed by atoms with van der Waals surface area (Å²) in [5.41, 5.74) is 0.279. The van der Waals surface area contributed by atoms with E-state index in [0.717, 1.165) is 17.7 Å². The Morgan fingerprint density at radius 1 is 1.21 bits per heavy atom. The number of carbonyl (C=O) groups is 1. The minimum absolute atomic E-state index is 0.180. The summed E-state index contributed by atoms with van der Waals surface area (Å²) in [6, 6.07) is 11.4. The predicted octanol–water partition coefficient (Wildman–Crippen LogP) is 3.90. The first-order valence-corrected chi connectivity index (χ1v) is 8.84. The van der Waals surface area contributed by atoms with Gasteiger partial charge in [0.15, 0.2) is 0 Å². The van der Waals surface area contributed by atoms with Crippen molar-refractivity contribution in [2.45, 2.75) is 18.6 Å². The van der Waals surface area contributed by atoms with Crippen LogP contribution >= 0.6 is 0 Å². The smallest absolute Gasteiger partial charge is 0.416 e. The van der Waals surface area contributed by atoms with Crippen LogP contribution in [-0.4, -0.2) is 22.6 Å². The van der Waals surface area contributed by atoms with Crippen LogP contribution in [0.15, 0.2) is 60.9 Å². The van der Waals surface area contributed by atoms with E-state index in [-0.39, 0.29) is 12.0 Å². The van der Waals surface area contributed by atoms with Crippen LogP contribution in [0.2, 0.25) is 0 Å². The van der Waals surface area contributed by atoms with Gasteiger partial charge in [0.1, 0.15) is 17.6 Å². The number of amides is 1. The van der Waals surface area contributed by atoms with Gasteiger partial charge in [-0.25, -0.2) is 4.98 Å². The number of alkyl halides is 3. The molecule has 152 valence electrons. The van der Waals surface area contributed by atoms with E-state index in [2.05, 4.69) is 10.3 Å². The standard InChI is InChI=1S/C21H20F3N3O2/c1-27-11-10-25-20(27)19(15-6-8-17(29-2)9-7-15)26-18(28)13-14-4-3-5-16(12-14)21(22,23)24/h3-12,19H,13H2,1-2H3,(H,26,28). The molecule has 2 aromatic carbocycles. The lowest BCUT2D eigenvalue weighted by atomic mass is 10.0. The maximum atomic E-state index is 12.9. The third-order valence-corrected chi connectivity index (χ3v) is 4.49. The van der Waals surface area contributed by atoms with Crippen molar-refractivity contribution in [3.63, 3.8) is 0 Å². The van der Waals surface area contributed by atoms with Gasteiger partial charge in [-0.05, 0) is 29.3 Å². The lowest BCUT2D eigenvalue weighted by Gasteiger charge is -2.20. The minimum atomic E-state index is -4.45. The lowest BCUT2D eigenvalue weighted by Crippen LogP contribution is -2.32. The van der Waals surface area contributed by atoms with Crippen molar-refractivity contribution in [1.82, 2.24) is 14.9 Å². The summed E-state index contributed by atoms with van der Waals surface area (Å²) < 4.78 is 45.7. The number of hydrogen-bond acceptors (Lipinski definition) is 3. The van der Waals surface area contributed by atoms with Crippen molar-refractivity contribution in [2.24, 2.45) is 7.05 Å². The monoisotopic (exact) mass is 403 g/mol. The second kappa shape index (κ2) is 8.38. The highest BCUT2D eigenvalue weighted by Crippen LogP contribution is 2.30. The van der Waals surface area contributed by atoms with Gasteiger partial charge in [0.2, 0.25) is 5.91 Å². The van der Waals surface area contributed by atoms with Gasteiger partial charge in [-0.15, -0.1) is 0 Å². The molecule has 0 fully saturated rings. The molecule has 1 N–H and O–H groups in total. The SMILES string of the molecule is COc1ccc(C(NC(=O)Cc2cccc(C(F)(F)F)c2)c2nccn2C)cc1. The second-order valence-corrected chi connectivity index (χ2v) is 6.54. The molecular formula is C21H20F3N3O2. The van der Waals surface area contributed by atoms with Crippen LogP contribution in [0, 0.1) is 0 Å². The van der Waals surface area contributed by atoms with E-state index in [1.165, 1.54) is 12.1 Å². The van der Waals surface area contributed by atoms with E-state index in [9.17, 15) is 18.0 Å². The molecule has 3 aromatic rings. The minimum Gasteiger partial charge on any atom is -0.497 e. The lowest BCUT2D eigenvalue weighted by molar-refractivity contribution is -0.137. The third kappa shape index (κ3) is 4.96. The Kier molecular flexibility index (Phi) is 5.91. The summed E-state index contributed by atoms with van der Waals surface area (Å²) in [5.74, 6) is 0.864. The van der Waals surface area contributed by atoms with Gasteiger partial charge in [-0.2, -0.15) is 13.2 Å². The molecule has 1 atom stereocenters. The van der Waals surface area contributed by atoms with Crippen molar-refractivity contribution in [1.29, 1.82) is 0 Å². The topological polar surface area (TPSA) is 56.1 Å². The van der Waals surface area contributed by atoms with Gasteiger partial charge in [-0.3, -0.25) is 4.79 Å². The number of nitrogens with one attached hydrogen (secondary N) is 1. The number of methoxy groups -OCH3 is 1. The van der Waals surface area contributed by atoms with Gasteiger partial charge in [0, 0.05) is 19.4 Å². The highest BCUT2D eigenvalue weighted by Gasteiger charge is 2.30. The zero-order chi connectivity index (χ0) is 21.0. The van der Waals surface area contributed by atoms with E-state index in [1.54, 1.807) is 43.3 Å². The molecule has 0 spiro atoms. The second-order valence-electron chi connectivity index (χ2n) is 6.54. The Labute approximate surface area is 166 Å². The maximum Gasteiger partial charge on any atom is 0.416 e. The fourth-order valence-electron chi connectivity index (χ4n) is 3.00. The first-order chi connectivity index (χ1) is 13.8. The zero-order valence-corrected chi connectivity index (χ0v) is 15.9. The molecule has 1 aromatic heterocycles. The fourth-order valence-corrected chi connectivity index (χ4v) is 3.00. The van der Waals surface area contributed by atoms with Crippen LogP contribution < -0.4 is 10.1 Å². The van der Waals surface area contributed by atoms with Crippen molar-refractivity contribution < 1.29 is 22.7 Å². The van der Waals surface area contributed by atoms with Gasteiger partial charge in [0.05, 0.1) is 19.1 Å². The molecule has 29 heavy (non-hydrogen) atoms.